The van der Waals surface area contributed by atoms with Gasteiger partial charge in [0, 0.05) is 11.6 Å². The van der Waals surface area contributed by atoms with E-state index in [2.05, 4.69) is 20.9 Å². The van der Waals surface area contributed by atoms with E-state index >= 15 is 0 Å². The summed E-state index contributed by atoms with van der Waals surface area (Å²) in [4.78, 5) is 14.4. The van der Waals surface area contributed by atoms with E-state index in [-0.39, 0.29) is 6.79 Å². The molecule has 0 aromatic heterocycles. The lowest BCUT2D eigenvalue weighted by atomic mass is 9.72. The Balaban J connectivity index is 2.20. The quantitative estimate of drug-likeness (QED) is 0.623. The lowest BCUT2D eigenvalue weighted by Gasteiger charge is -2.37. The Labute approximate surface area is 111 Å². The van der Waals surface area contributed by atoms with Crippen LogP contribution >= 0.6 is 15.9 Å². The molecule has 0 N–H and O–H groups in total. The monoisotopic (exact) mass is 313 g/mol. The number of hydrogen-bond donors (Lipinski definition) is 0. The van der Waals surface area contributed by atoms with Gasteiger partial charge in [0.25, 0.3) is 0 Å². The van der Waals surface area contributed by atoms with Crippen LogP contribution in [0.1, 0.15) is 24.8 Å². The smallest absolute Gasteiger partial charge is 0.235 e. The number of hydrogen-bond acceptors (Lipinski definition) is 4. The summed E-state index contributed by atoms with van der Waals surface area (Å²) in [5, 5.41) is 0. The van der Waals surface area contributed by atoms with Gasteiger partial charge in [-0.3, -0.25) is 0 Å². The van der Waals surface area contributed by atoms with E-state index in [9.17, 15) is 9.18 Å². The highest BCUT2D eigenvalue weighted by atomic mass is 79.9. The predicted molar refractivity (Wildman–Crippen MR) is 63.9 cm³/mol. The molecule has 0 atom stereocenters. The number of benzene rings is 1. The third-order valence-electron chi connectivity index (χ3n) is 3.46. The van der Waals surface area contributed by atoms with Crippen LogP contribution in [-0.2, 0) is 10.3 Å². The Hall–Kier alpha value is -1.39. The van der Waals surface area contributed by atoms with Crippen molar-refractivity contribution < 1.29 is 18.7 Å². The fourth-order valence-electron chi connectivity index (χ4n) is 2.42. The van der Waals surface area contributed by atoms with Gasteiger partial charge >= 0.3 is 0 Å². The van der Waals surface area contributed by atoms with E-state index < -0.39 is 11.4 Å². The van der Waals surface area contributed by atoms with Gasteiger partial charge in [0.05, 0.1) is 4.47 Å². The number of rotatable bonds is 2. The summed E-state index contributed by atoms with van der Waals surface area (Å²) in [6, 6.07) is 1.28. The highest BCUT2D eigenvalue weighted by Crippen LogP contribution is 2.53. The fraction of sp³-hybridized carbons (Fsp3) is 0.417. The molecular weight excluding hydrogens is 305 g/mol. The molecule has 1 aliphatic heterocycles. The second kappa shape index (κ2) is 4.07. The molecule has 18 heavy (non-hydrogen) atoms. The zero-order valence-corrected chi connectivity index (χ0v) is 10.9. The zero-order valence-electron chi connectivity index (χ0n) is 9.33. The summed E-state index contributed by atoms with van der Waals surface area (Å²) in [6.07, 6.45) is 3.73. The topological polar surface area (TPSA) is 47.9 Å². The predicted octanol–water partition coefficient (Wildman–Crippen LogP) is 3.03. The van der Waals surface area contributed by atoms with Crippen molar-refractivity contribution in [2.45, 2.75) is 24.8 Å². The lowest BCUT2D eigenvalue weighted by molar-refractivity contribution is 0.173. The first-order valence-electron chi connectivity index (χ1n) is 5.55. The van der Waals surface area contributed by atoms with Crippen LogP contribution in [0.15, 0.2) is 15.5 Å². The van der Waals surface area contributed by atoms with Gasteiger partial charge in [-0.2, -0.15) is 4.99 Å². The molecule has 0 unspecified atom stereocenters. The van der Waals surface area contributed by atoms with Crippen LogP contribution in [0.4, 0.5) is 4.39 Å². The molecule has 0 spiro atoms. The molecule has 0 radical (unpaired) electrons. The second-order valence-electron chi connectivity index (χ2n) is 4.37. The van der Waals surface area contributed by atoms with Gasteiger partial charge in [0.1, 0.15) is 11.4 Å². The van der Waals surface area contributed by atoms with Crippen LogP contribution in [-0.4, -0.2) is 12.9 Å². The number of isocyanates is 1. The van der Waals surface area contributed by atoms with Gasteiger partial charge < -0.3 is 9.47 Å². The Morgan fingerprint density at radius 1 is 1.44 bits per heavy atom. The molecule has 1 aromatic rings. The minimum absolute atomic E-state index is 0.0702. The molecule has 1 aliphatic carbocycles. The van der Waals surface area contributed by atoms with Crippen molar-refractivity contribution in [2.24, 2.45) is 4.99 Å². The third kappa shape index (κ3) is 1.49. The molecule has 0 bridgehead atoms. The summed E-state index contributed by atoms with van der Waals surface area (Å²) < 4.78 is 25.1. The second-order valence-corrected chi connectivity index (χ2v) is 5.16. The van der Waals surface area contributed by atoms with Gasteiger partial charge in [-0.15, -0.1) is 0 Å². The van der Waals surface area contributed by atoms with Gasteiger partial charge in [-0.25, -0.2) is 9.18 Å². The molecule has 0 saturated heterocycles. The Kier molecular flexibility index (Phi) is 2.64. The van der Waals surface area contributed by atoms with E-state index in [1.165, 1.54) is 6.07 Å². The molecule has 2 aliphatic rings. The minimum Gasteiger partial charge on any atom is -0.453 e. The first-order valence-corrected chi connectivity index (χ1v) is 6.34. The molecular formula is C12H9BrFNO3. The standard InChI is InChI=1S/C12H9BrFNO3/c13-10-9(12(15-5-16)2-1-3-12)7(14)4-8-11(10)18-6-17-8/h4H,1-3,6H2. The number of fused-ring (bicyclic) bond motifs is 1. The molecule has 0 amide bonds. The lowest BCUT2D eigenvalue weighted by Crippen LogP contribution is -2.33. The highest BCUT2D eigenvalue weighted by molar-refractivity contribution is 9.10. The van der Waals surface area contributed by atoms with E-state index in [4.69, 9.17) is 9.47 Å². The van der Waals surface area contributed by atoms with E-state index in [0.717, 1.165) is 6.42 Å². The molecule has 94 valence electrons. The summed E-state index contributed by atoms with van der Waals surface area (Å²) in [6.45, 7) is 0.0702. The average molecular weight is 314 g/mol. The van der Waals surface area contributed by atoms with Gasteiger partial charge in [0.2, 0.25) is 12.9 Å². The number of ether oxygens (including phenoxy) is 2. The van der Waals surface area contributed by atoms with E-state index in [0.29, 0.717) is 34.4 Å². The van der Waals surface area contributed by atoms with Crippen molar-refractivity contribution in [3.05, 3.63) is 21.9 Å². The van der Waals surface area contributed by atoms with Crippen LogP contribution in [0, 0.1) is 5.82 Å². The normalized spacial score (nSPS) is 19.0. The summed E-state index contributed by atoms with van der Waals surface area (Å²) in [7, 11) is 0. The highest BCUT2D eigenvalue weighted by Gasteiger charge is 2.44. The van der Waals surface area contributed by atoms with Gasteiger partial charge in [-0.1, -0.05) is 0 Å². The molecule has 4 nitrogen and oxygen atoms in total. The van der Waals surface area contributed by atoms with Crippen molar-refractivity contribution >= 4 is 22.0 Å². The van der Waals surface area contributed by atoms with Crippen molar-refractivity contribution in [2.75, 3.05) is 6.79 Å². The maximum atomic E-state index is 14.2. The molecule has 6 heteroatoms. The number of aliphatic imine (C=N–C) groups is 1. The van der Waals surface area contributed by atoms with Gasteiger partial charge in [0.15, 0.2) is 11.5 Å². The molecule has 3 rings (SSSR count). The first kappa shape index (κ1) is 11.7. The van der Waals surface area contributed by atoms with Gasteiger partial charge in [-0.05, 0) is 35.2 Å². The SMILES string of the molecule is O=C=NC1(c2c(F)cc3c(c2Br)OCO3)CCC1. The summed E-state index contributed by atoms with van der Waals surface area (Å²) in [5.74, 6) is 0.399. The largest absolute Gasteiger partial charge is 0.453 e. The van der Waals surface area contributed by atoms with Crippen LogP contribution in [0.2, 0.25) is 0 Å². The molecule has 1 heterocycles. The number of nitrogens with zero attached hydrogens (tertiary/aromatic N) is 1. The maximum Gasteiger partial charge on any atom is 0.235 e. The Bertz CT molecular complexity index is 565. The fourth-order valence-corrected chi connectivity index (χ4v) is 3.28. The summed E-state index contributed by atoms with van der Waals surface area (Å²) in [5.41, 5.74) is -0.438. The third-order valence-corrected chi connectivity index (χ3v) is 4.22. The first-order chi connectivity index (χ1) is 8.68. The van der Waals surface area contributed by atoms with Crippen molar-refractivity contribution in [3.8, 4) is 11.5 Å². The maximum absolute atomic E-state index is 14.2. The van der Waals surface area contributed by atoms with E-state index in [1.807, 2.05) is 0 Å². The zero-order chi connectivity index (χ0) is 12.8. The molecule has 1 fully saturated rings. The van der Waals surface area contributed by atoms with Crippen LogP contribution in [0.3, 0.4) is 0 Å². The van der Waals surface area contributed by atoms with Crippen LogP contribution in [0.25, 0.3) is 0 Å². The molecule has 1 saturated carbocycles. The van der Waals surface area contributed by atoms with Crippen LogP contribution in [0.5, 0.6) is 11.5 Å². The number of halogens is 2. The minimum atomic E-state index is -0.800. The van der Waals surface area contributed by atoms with Crippen molar-refractivity contribution in [1.82, 2.24) is 0 Å². The Morgan fingerprint density at radius 2 is 2.22 bits per heavy atom. The van der Waals surface area contributed by atoms with Crippen molar-refractivity contribution in [3.63, 3.8) is 0 Å². The van der Waals surface area contributed by atoms with E-state index in [1.54, 1.807) is 6.08 Å². The van der Waals surface area contributed by atoms with Crippen LogP contribution < -0.4 is 9.47 Å². The summed E-state index contributed by atoms with van der Waals surface area (Å²) >= 11 is 3.33. The van der Waals surface area contributed by atoms with Crippen molar-refractivity contribution in [1.29, 1.82) is 0 Å². The number of carbonyl (C=O) groups excluding carboxylic acids is 1. The molecule has 1 aromatic carbocycles. The average Bonchev–Trinajstić information content (AvgIpc) is 2.73. The Morgan fingerprint density at radius 3 is 2.83 bits per heavy atom.